The first-order valence-corrected chi connectivity index (χ1v) is 7.17. The van der Waals surface area contributed by atoms with E-state index in [4.69, 9.17) is 4.74 Å². The molecule has 0 spiro atoms. The van der Waals surface area contributed by atoms with Gasteiger partial charge in [-0.2, -0.15) is 0 Å². The fourth-order valence-electron chi connectivity index (χ4n) is 2.63. The monoisotopic (exact) mass is 267 g/mol. The average molecular weight is 267 g/mol. The highest BCUT2D eigenvalue weighted by Gasteiger charge is 2.43. The van der Waals surface area contributed by atoms with E-state index in [0.29, 0.717) is 23.6 Å². The Morgan fingerprint density at radius 1 is 1.67 bits per heavy atom. The van der Waals surface area contributed by atoms with Gasteiger partial charge in [0.2, 0.25) is 0 Å². The van der Waals surface area contributed by atoms with Gasteiger partial charge < -0.3 is 15.0 Å². The van der Waals surface area contributed by atoms with Crippen molar-refractivity contribution in [2.75, 3.05) is 24.6 Å². The molecule has 18 heavy (non-hydrogen) atoms. The Morgan fingerprint density at radius 2 is 2.50 bits per heavy atom. The van der Waals surface area contributed by atoms with Gasteiger partial charge >= 0.3 is 5.97 Å². The fraction of sp³-hybridized carbons (Fsp3) is 0.667. The molecule has 1 aromatic heterocycles. The van der Waals surface area contributed by atoms with Crippen LogP contribution in [0.2, 0.25) is 0 Å². The third kappa shape index (κ3) is 1.80. The van der Waals surface area contributed by atoms with Gasteiger partial charge in [-0.25, -0.2) is 9.78 Å². The van der Waals surface area contributed by atoms with E-state index in [2.05, 4.69) is 15.2 Å². The molecule has 0 saturated carbocycles. The van der Waals surface area contributed by atoms with Gasteiger partial charge in [0, 0.05) is 18.6 Å². The van der Waals surface area contributed by atoms with Crippen molar-refractivity contribution in [2.45, 2.75) is 32.4 Å². The average Bonchev–Trinajstić information content (AvgIpc) is 2.85. The number of hydrogen-bond donors (Lipinski definition) is 1. The number of thiazole rings is 1. The van der Waals surface area contributed by atoms with Crippen molar-refractivity contribution < 1.29 is 9.53 Å². The van der Waals surface area contributed by atoms with Gasteiger partial charge in [0.15, 0.2) is 5.13 Å². The largest absolute Gasteiger partial charge is 0.462 e. The first kappa shape index (κ1) is 11.9. The van der Waals surface area contributed by atoms with Gasteiger partial charge in [-0.3, -0.25) is 0 Å². The van der Waals surface area contributed by atoms with Crippen molar-refractivity contribution in [3.63, 3.8) is 0 Å². The van der Waals surface area contributed by atoms with Gasteiger partial charge in [0.1, 0.15) is 4.88 Å². The molecule has 3 heterocycles. The molecule has 0 bridgehead atoms. The van der Waals surface area contributed by atoms with Crippen molar-refractivity contribution in [2.24, 2.45) is 0 Å². The zero-order valence-corrected chi connectivity index (χ0v) is 11.4. The molecule has 5 nitrogen and oxygen atoms in total. The van der Waals surface area contributed by atoms with Gasteiger partial charge in [0.05, 0.1) is 12.3 Å². The van der Waals surface area contributed by atoms with Crippen molar-refractivity contribution in [3.05, 3.63) is 10.6 Å². The van der Waals surface area contributed by atoms with Crippen LogP contribution in [0, 0.1) is 6.92 Å². The molecule has 2 aliphatic heterocycles. The summed E-state index contributed by atoms with van der Waals surface area (Å²) in [6, 6.07) is 1.17. The molecule has 0 aliphatic carbocycles. The number of nitrogens with one attached hydrogen (secondary N) is 1. The summed E-state index contributed by atoms with van der Waals surface area (Å²) in [5.41, 5.74) is 0.780. The van der Waals surface area contributed by atoms with Crippen LogP contribution in [0.25, 0.3) is 0 Å². The van der Waals surface area contributed by atoms with Gasteiger partial charge in [0.25, 0.3) is 0 Å². The standard InChI is InChI=1S/C12H17N3O2S/c1-3-17-11(16)10-7(2)14-12(18-10)15-6-8-9(15)4-5-13-8/h8-9,13H,3-6H2,1-2H3. The number of carbonyl (C=O) groups excluding carboxylic acids is 1. The maximum absolute atomic E-state index is 11.8. The van der Waals surface area contributed by atoms with Crippen molar-refractivity contribution in [1.82, 2.24) is 10.3 Å². The molecule has 1 N–H and O–H groups in total. The van der Waals surface area contributed by atoms with E-state index in [0.717, 1.165) is 30.3 Å². The molecule has 2 unspecified atom stereocenters. The molecule has 0 radical (unpaired) electrons. The Hall–Kier alpha value is -1.14. The van der Waals surface area contributed by atoms with Crippen LogP contribution in [0.4, 0.5) is 5.13 Å². The van der Waals surface area contributed by atoms with Crippen LogP contribution in [0.3, 0.4) is 0 Å². The second-order valence-corrected chi connectivity index (χ2v) is 5.68. The number of aromatic nitrogens is 1. The lowest BCUT2D eigenvalue weighted by Gasteiger charge is -2.43. The van der Waals surface area contributed by atoms with Crippen LogP contribution in [-0.2, 0) is 4.74 Å². The van der Waals surface area contributed by atoms with Crippen LogP contribution < -0.4 is 10.2 Å². The zero-order chi connectivity index (χ0) is 12.7. The summed E-state index contributed by atoms with van der Waals surface area (Å²) in [6.45, 7) is 6.18. The van der Waals surface area contributed by atoms with E-state index in [-0.39, 0.29) is 5.97 Å². The highest BCUT2D eigenvalue weighted by atomic mass is 32.1. The molecule has 2 fully saturated rings. The summed E-state index contributed by atoms with van der Waals surface area (Å²) < 4.78 is 5.04. The van der Waals surface area contributed by atoms with Gasteiger partial charge in [-0.1, -0.05) is 11.3 Å². The highest BCUT2D eigenvalue weighted by molar-refractivity contribution is 7.17. The van der Waals surface area contributed by atoms with E-state index >= 15 is 0 Å². The van der Waals surface area contributed by atoms with E-state index in [9.17, 15) is 4.79 Å². The Labute approximate surface area is 110 Å². The summed E-state index contributed by atoms with van der Waals surface area (Å²) in [4.78, 5) is 19.2. The minimum atomic E-state index is -0.250. The lowest BCUT2D eigenvalue weighted by molar-refractivity contribution is 0.0531. The van der Waals surface area contributed by atoms with Gasteiger partial charge in [-0.15, -0.1) is 0 Å². The second kappa shape index (κ2) is 4.51. The number of nitrogens with zero attached hydrogens (tertiary/aromatic N) is 2. The van der Waals surface area contributed by atoms with Crippen LogP contribution in [0.1, 0.15) is 28.7 Å². The Morgan fingerprint density at radius 3 is 3.22 bits per heavy atom. The number of hydrogen-bond acceptors (Lipinski definition) is 6. The first-order chi connectivity index (χ1) is 8.70. The maximum atomic E-state index is 11.8. The number of rotatable bonds is 3. The molecule has 1 aromatic rings. The lowest BCUT2D eigenvalue weighted by Crippen LogP contribution is -2.61. The molecule has 98 valence electrons. The highest BCUT2D eigenvalue weighted by Crippen LogP contribution is 2.35. The third-order valence-electron chi connectivity index (χ3n) is 3.60. The summed E-state index contributed by atoms with van der Waals surface area (Å²) in [6.07, 6.45) is 1.16. The number of anilines is 1. The molecular weight excluding hydrogens is 250 g/mol. The summed E-state index contributed by atoms with van der Waals surface area (Å²) in [5.74, 6) is -0.250. The van der Waals surface area contributed by atoms with Crippen molar-refractivity contribution in [3.8, 4) is 0 Å². The molecule has 0 amide bonds. The topological polar surface area (TPSA) is 54.5 Å². The number of fused-ring (bicyclic) bond motifs is 1. The Kier molecular flexibility index (Phi) is 2.99. The minimum Gasteiger partial charge on any atom is -0.462 e. The molecule has 2 aliphatic rings. The molecular formula is C12H17N3O2S. The minimum absolute atomic E-state index is 0.250. The number of esters is 1. The zero-order valence-electron chi connectivity index (χ0n) is 10.6. The third-order valence-corrected chi connectivity index (χ3v) is 4.77. The number of carbonyl (C=O) groups is 1. The molecule has 2 atom stereocenters. The molecule has 3 rings (SSSR count). The van der Waals surface area contributed by atoms with Crippen molar-refractivity contribution >= 4 is 22.4 Å². The normalized spacial score (nSPS) is 25.8. The van der Waals surface area contributed by atoms with Gasteiger partial charge in [-0.05, 0) is 26.8 Å². The molecule has 6 heteroatoms. The smallest absolute Gasteiger partial charge is 0.350 e. The predicted octanol–water partition coefficient (Wildman–Crippen LogP) is 1.18. The SMILES string of the molecule is CCOC(=O)c1sc(N2CC3NCCC32)nc1C. The van der Waals surface area contributed by atoms with Crippen molar-refractivity contribution in [1.29, 1.82) is 0 Å². The Balaban J connectivity index is 1.78. The summed E-state index contributed by atoms with van der Waals surface area (Å²) in [5, 5.41) is 4.42. The van der Waals surface area contributed by atoms with E-state index in [1.54, 1.807) is 0 Å². The van der Waals surface area contributed by atoms with Crippen LogP contribution in [0.15, 0.2) is 0 Å². The quantitative estimate of drug-likeness (QED) is 0.833. The first-order valence-electron chi connectivity index (χ1n) is 6.35. The van der Waals surface area contributed by atoms with E-state index in [1.807, 2.05) is 13.8 Å². The number of aryl methyl sites for hydroxylation is 1. The fourth-order valence-corrected chi connectivity index (χ4v) is 3.66. The van der Waals surface area contributed by atoms with Crippen LogP contribution >= 0.6 is 11.3 Å². The molecule has 0 aromatic carbocycles. The maximum Gasteiger partial charge on any atom is 0.350 e. The summed E-state index contributed by atoms with van der Waals surface area (Å²) in [7, 11) is 0. The second-order valence-electron chi connectivity index (χ2n) is 4.70. The number of ether oxygens (including phenoxy) is 1. The summed E-state index contributed by atoms with van der Waals surface area (Å²) >= 11 is 1.45. The Bertz CT molecular complexity index is 474. The predicted molar refractivity (Wildman–Crippen MR) is 70.3 cm³/mol. The molecule has 2 saturated heterocycles. The van der Waals surface area contributed by atoms with E-state index in [1.165, 1.54) is 11.3 Å². The van der Waals surface area contributed by atoms with Crippen LogP contribution in [0.5, 0.6) is 0 Å². The van der Waals surface area contributed by atoms with Crippen LogP contribution in [-0.4, -0.2) is 42.7 Å². The van der Waals surface area contributed by atoms with E-state index < -0.39 is 0 Å². The lowest BCUT2D eigenvalue weighted by atomic mass is 9.99.